The fourth-order valence-electron chi connectivity index (χ4n) is 3.42. The van der Waals surface area contributed by atoms with Gasteiger partial charge in [-0.2, -0.15) is 4.31 Å². The van der Waals surface area contributed by atoms with Gasteiger partial charge >= 0.3 is 0 Å². The maximum absolute atomic E-state index is 13.0. The maximum Gasteiger partial charge on any atom is 0.261 e. The van der Waals surface area contributed by atoms with Crippen LogP contribution >= 0.6 is 11.3 Å². The first-order valence-electron chi connectivity index (χ1n) is 9.71. The van der Waals surface area contributed by atoms with Crippen molar-refractivity contribution >= 4 is 38.3 Å². The van der Waals surface area contributed by atoms with Crippen LogP contribution in [0.1, 0.15) is 24.6 Å². The second-order valence-corrected chi connectivity index (χ2v) is 10.3. The van der Waals surface area contributed by atoms with Crippen molar-refractivity contribution in [3.63, 3.8) is 0 Å². The van der Waals surface area contributed by atoms with Crippen molar-refractivity contribution < 1.29 is 18.0 Å². The number of benzene rings is 1. The Balaban J connectivity index is 1.46. The van der Waals surface area contributed by atoms with E-state index in [9.17, 15) is 13.2 Å². The molecule has 3 aromatic rings. The molecule has 4 rings (SSSR count). The number of hydrogen-bond acceptors (Lipinski definition) is 7. The number of fused-ring (bicyclic) bond motifs is 1. The number of thiophene rings is 1. The summed E-state index contributed by atoms with van der Waals surface area (Å²) in [4.78, 5) is 19.8. The third kappa shape index (κ3) is 4.47. The lowest BCUT2D eigenvalue weighted by Gasteiger charge is -2.30. The van der Waals surface area contributed by atoms with E-state index in [0.717, 1.165) is 22.6 Å². The molecule has 30 heavy (non-hydrogen) atoms. The van der Waals surface area contributed by atoms with Crippen LogP contribution in [-0.4, -0.2) is 53.5 Å². The number of rotatable bonds is 7. The van der Waals surface area contributed by atoms with E-state index in [-0.39, 0.29) is 17.4 Å². The lowest BCUT2D eigenvalue weighted by Crippen LogP contribution is -2.39. The number of piperidine rings is 1. The van der Waals surface area contributed by atoms with Gasteiger partial charge in [-0.25, -0.2) is 8.42 Å². The number of sulfonamides is 1. The molecule has 0 saturated carbocycles. The quantitative estimate of drug-likeness (QED) is 0.588. The average molecular weight is 450 g/mol. The van der Waals surface area contributed by atoms with Crippen LogP contribution in [0.3, 0.4) is 0 Å². The van der Waals surface area contributed by atoms with Crippen molar-refractivity contribution in [2.24, 2.45) is 5.92 Å². The third-order valence-corrected chi connectivity index (χ3v) is 7.74. The highest BCUT2D eigenvalue weighted by Gasteiger charge is 2.29. The van der Waals surface area contributed by atoms with Crippen molar-refractivity contribution in [1.82, 2.24) is 24.8 Å². The second-order valence-electron chi connectivity index (χ2n) is 7.35. The van der Waals surface area contributed by atoms with Crippen LogP contribution in [-0.2, 0) is 21.4 Å². The molecule has 0 radical (unpaired) electrons. The number of amides is 1. The van der Waals surface area contributed by atoms with E-state index in [2.05, 4.69) is 22.6 Å². The summed E-state index contributed by atoms with van der Waals surface area (Å²) < 4.78 is 27.6. The molecule has 1 amide bonds. The van der Waals surface area contributed by atoms with Gasteiger partial charge in [-0.05, 0) is 53.6 Å². The first-order chi connectivity index (χ1) is 14.4. The Kier molecular flexibility index (Phi) is 6.02. The summed E-state index contributed by atoms with van der Waals surface area (Å²) >= 11 is 1.55. The molecule has 2 aromatic heterocycles. The Morgan fingerprint density at radius 1 is 1.37 bits per heavy atom. The Hall–Kier alpha value is -2.50. The lowest BCUT2D eigenvalue weighted by molar-refractivity contribution is -0.126. The smallest absolute Gasteiger partial charge is 0.261 e. The number of carbonyl (C=O) groups is 1. The van der Waals surface area contributed by atoms with Crippen LogP contribution < -0.4 is 10.2 Å². The molecule has 1 atom stereocenters. The van der Waals surface area contributed by atoms with E-state index in [0.29, 0.717) is 36.6 Å². The Morgan fingerprint density at radius 2 is 2.23 bits per heavy atom. The molecule has 11 heteroatoms. The summed E-state index contributed by atoms with van der Waals surface area (Å²) in [6, 6.07) is 8.47. The summed E-state index contributed by atoms with van der Waals surface area (Å²) in [5.41, 5.74) is 0.882. The van der Waals surface area contributed by atoms with E-state index in [1.54, 1.807) is 17.4 Å². The summed E-state index contributed by atoms with van der Waals surface area (Å²) in [6.07, 6.45) is 1.88. The maximum atomic E-state index is 13.0. The van der Waals surface area contributed by atoms with Gasteiger partial charge < -0.3 is 10.2 Å². The van der Waals surface area contributed by atoms with Crippen molar-refractivity contribution in [3.05, 3.63) is 40.6 Å². The minimum atomic E-state index is -3.62. The zero-order valence-corrected chi connectivity index (χ0v) is 18.2. The Bertz CT molecular complexity index is 1130. The van der Waals surface area contributed by atoms with Gasteiger partial charge in [0.1, 0.15) is 11.0 Å². The summed E-state index contributed by atoms with van der Waals surface area (Å²) in [5, 5.41) is 12.6. The predicted molar refractivity (Wildman–Crippen MR) is 112 cm³/mol. The topological polar surface area (TPSA) is 106 Å². The summed E-state index contributed by atoms with van der Waals surface area (Å²) in [7, 11) is -3.62. The van der Waals surface area contributed by atoms with Crippen molar-refractivity contribution in [3.8, 4) is 0 Å². The fraction of sp³-hybridized carbons (Fsp3) is 0.421. The summed E-state index contributed by atoms with van der Waals surface area (Å²) in [6.45, 7) is 3.25. The molecule has 9 nitrogen and oxygen atoms in total. The minimum absolute atomic E-state index is 0.165. The minimum Gasteiger partial charge on any atom is -0.385 e. The molecule has 1 N–H and O–H groups in total. The number of nitrogens with zero attached hydrogens (tertiary/aromatic N) is 4. The number of nitrogens with one attached hydrogen (secondary N) is 1. The van der Waals surface area contributed by atoms with Crippen LogP contribution in [0, 0.1) is 5.92 Å². The van der Waals surface area contributed by atoms with Crippen LogP contribution in [0.5, 0.6) is 0 Å². The van der Waals surface area contributed by atoms with E-state index < -0.39 is 10.0 Å². The third-order valence-electron chi connectivity index (χ3n) is 5.00. The molecule has 1 aliphatic heterocycles. The van der Waals surface area contributed by atoms with E-state index in [4.69, 9.17) is 4.84 Å². The molecule has 3 heterocycles. The standard InChI is InChI=1S/C19H23N5O4S2/c1-14-4-2-8-23(12-14)30(26,27)16-6-7-17-18(10-16)24(22-21-17)28-13-19(25)20-11-15-5-3-9-29-15/h3,5-7,9-10,14H,2,4,8,11-13H2,1H3,(H,20,25). The highest BCUT2D eigenvalue weighted by Crippen LogP contribution is 2.25. The molecule has 0 spiro atoms. The van der Waals surface area contributed by atoms with Crippen molar-refractivity contribution in [2.75, 3.05) is 19.7 Å². The van der Waals surface area contributed by atoms with Crippen LogP contribution in [0.15, 0.2) is 40.6 Å². The van der Waals surface area contributed by atoms with E-state index in [1.165, 1.54) is 16.4 Å². The number of hydrogen-bond donors (Lipinski definition) is 1. The zero-order chi connectivity index (χ0) is 21.1. The molecule has 1 unspecified atom stereocenters. The molecule has 1 fully saturated rings. The molecule has 160 valence electrons. The SMILES string of the molecule is CC1CCCN(S(=O)(=O)c2ccc3nnn(OCC(=O)NCc4cccs4)c3c2)C1. The van der Waals surface area contributed by atoms with Gasteiger partial charge in [0.15, 0.2) is 6.61 Å². The van der Waals surface area contributed by atoms with Gasteiger partial charge in [0.2, 0.25) is 10.0 Å². The molecule has 0 bridgehead atoms. The summed E-state index contributed by atoms with van der Waals surface area (Å²) in [5.74, 6) is 0.0265. The zero-order valence-electron chi connectivity index (χ0n) is 16.5. The number of carbonyl (C=O) groups excluding carboxylic acids is 1. The molecule has 1 aromatic carbocycles. The first kappa shape index (κ1) is 20.8. The van der Waals surface area contributed by atoms with Gasteiger partial charge in [-0.1, -0.05) is 17.8 Å². The molecular formula is C19H23N5O4S2. The van der Waals surface area contributed by atoms with Crippen molar-refractivity contribution in [1.29, 1.82) is 0 Å². The Labute approximate surface area is 178 Å². The molecule has 1 aliphatic rings. The van der Waals surface area contributed by atoms with Gasteiger partial charge in [-0.15, -0.1) is 16.4 Å². The molecule has 1 saturated heterocycles. The van der Waals surface area contributed by atoms with Crippen molar-refractivity contribution in [2.45, 2.75) is 31.2 Å². The highest BCUT2D eigenvalue weighted by molar-refractivity contribution is 7.89. The Morgan fingerprint density at radius 3 is 3.00 bits per heavy atom. The lowest BCUT2D eigenvalue weighted by atomic mass is 10.0. The van der Waals surface area contributed by atoms with Crippen LogP contribution in [0.25, 0.3) is 11.0 Å². The number of aromatic nitrogens is 3. The monoisotopic (exact) mass is 449 g/mol. The van der Waals surface area contributed by atoms with Gasteiger partial charge in [0.05, 0.1) is 11.4 Å². The molecule has 0 aliphatic carbocycles. The average Bonchev–Trinajstić information content (AvgIpc) is 3.40. The van der Waals surface area contributed by atoms with E-state index in [1.807, 2.05) is 17.5 Å². The fourth-order valence-corrected chi connectivity index (χ4v) is 5.68. The van der Waals surface area contributed by atoms with Crippen LogP contribution in [0.2, 0.25) is 0 Å². The second kappa shape index (κ2) is 8.70. The first-order valence-corrected chi connectivity index (χ1v) is 12.0. The molecular weight excluding hydrogens is 426 g/mol. The van der Waals surface area contributed by atoms with Gasteiger partial charge in [-0.3, -0.25) is 4.79 Å². The van der Waals surface area contributed by atoms with E-state index >= 15 is 0 Å². The normalized spacial score (nSPS) is 17.8. The van der Waals surface area contributed by atoms with Gasteiger partial charge in [0, 0.05) is 18.0 Å². The highest BCUT2D eigenvalue weighted by atomic mass is 32.2. The largest absolute Gasteiger partial charge is 0.385 e. The predicted octanol–water partition coefficient (Wildman–Crippen LogP) is 1.66. The van der Waals surface area contributed by atoms with Crippen LogP contribution in [0.4, 0.5) is 0 Å². The van der Waals surface area contributed by atoms with Gasteiger partial charge in [0.25, 0.3) is 5.91 Å².